The molecule has 2 nitrogen and oxygen atoms in total. The van der Waals surface area contributed by atoms with Gasteiger partial charge in [-0.15, -0.1) is 12.4 Å². The maximum absolute atomic E-state index is 6.24. The van der Waals surface area contributed by atoms with Crippen LogP contribution in [0.1, 0.15) is 24.8 Å². The Labute approximate surface area is 150 Å². The standard InChI is InChI=1S/C19H23ClN2.ClH/c1-22(2)11-5-7-14-12-15-6-3-4-8-18(15)21-19-10-9-16(20)13-17(14)19;/h3-4,6,9-10,12-13,18,21H,5,7-8,11H2,1-2H3;1H. The predicted octanol–water partition coefficient (Wildman–Crippen LogP) is 5.17. The SMILES string of the molecule is CN(C)CCCC1=CC2=CC=CCC2Nc2ccc(Cl)cc21.Cl. The number of benzene rings is 1. The molecule has 23 heavy (non-hydrogen) atoms. The lowest BCUT2D eigenvalue weighted by Crippen LogP contribution is -2.21. The summed E-state index contributed by atoms with van der Waals surface area (Å²) < 4.78 is 0. The van der Waals surface area contributed by atoms with Crippen LogP contribution in [0.3, 0.4) is 0 Å². The van der Waals surface area contributed by atoms with Crippen LogP contribution in [-0.4, -0.2) is 31.6 Å². The molecule has 124 valence electrons. The van der Waals surface area contributed by atoms with E-state index < -0.39 is 0 Å². The fourth-order valence-corrected chi connectivity index (χ4v) is 3.28. The first-order valence-corrected chi connectivity index (χ1v) is 8.30. The summed E-state index contributed by atoms with van der Waals surface area (Å²) in [6.45, 7) is 1.10. The van der Waals surface area contributed by atoms with Gasteiger partial charge >= 0.3 is 0 Å². The zero-order valence-electron chi connectivity index (χ0n) is 13.7. The van der Waals surface area contributed by atoms with Gasteiger partial charge in [0.2, 0.25) is 0 Å². The third-order valence-electron chi connectivity index (χ3n) is 4.25. The average molecular weight is 351 g/mol. The summed E-state index contributed by atoms with van der Waals surface area (Å²) in [5, 5.41) is 4.48. The summed E-state index contributed by atoms with van der Waals surface area (Å²) in [7, 11) is 4.25. The molecule has 0 aromatic heterocycles. The first-order chi connectivity index (χ1) is 10.6. The van der Waals surface area contributed by atoms with E-state index in [0.717, 1.165) is 30.8 Å². The van der Waals surface area contributed by atoms with Gasteiger partial charge < -0.3 is 10.2 Å². The van der Waals surface area contributed by atoms with Crippen LogP contribution in [0.5, 0.6) is 0 Å². The summed E-state index contributed by atoms with van der Waals surface area (Å²) in [6, 6.07) is 6.55. The van der Waals surface area contributed by atoms with Crippen LogP contribution in [0.15, 0.2) is 48.1 Å². The van der Waals surface area contributed by atoms with E-state index in [1.165, 1.54) is 22.4 Å². The van der Waals surface area contributed by atoms with Crippen molar-refractivity contribution in [1.29, 1.82) is 0 Å². The summed E-state index contributed by atoms with van der Waals surface area (Å²) in [5.41, 5.74) is 5.20. The molecule has 3 rings (SSSR count). The van der Waals surface area contributed by atoms with E-state index in [2.05, 4.69) is 60.7 Å². The van der Waals surface area contributed by atoms with Crippen molar-refractivity contribution in [2.24, 2.45) is 0 Å². The summed E-state index contributed by atoms with van der Waals surface area (Å²) in [4.78, 5) is 2.24. The number of nitrogens with zero attached hydrogens (tertiary/aromatic N) is 1. The van der Waals surface area contributed by atoms with Crippen molar-refractivity contribution in [3.63, 3.8) is 0 Å². The Hall–Kier alpha value is -1.22. The Morgan fingerprint density at radius 3 is 2.91 bits per heavy atom. The number of allylic oxidation sites excluding steroid dienone is 3. The van der Waals surface area contributed by atoms with Crippen molar-refractivity contribution < 1.29 is 0 Å². The molecule has 1 unspecified atom stereocenters. The van der Waals surface area contributed by atoms with Gasteiger partial charge in [0.1, 0.15) is 0 Å². The number of nitrogens with one attached hydrogen (secondary N) is 1. The number of anilines is 1. The molecule has 0 bridgehead atoms. The minimum absolute atomic E-state index is 0. The number of fused-ring (bicyclic) bond motifs is 2. The Kier molecular flexibility index (Phi) is 6.34. The lowest BCUT2D eigenvalue weighted by molar-refractivity contribution is 0.403. The van der Waals surface area contributed by atoms with Crippen LogP contribution in [-0.2, 0) is 0 Å². The molecule has 0 saturated heterocycles. The maximum Gasteiger partial charge on any atom is 0.0548 e. The highest BCUT2D eigenvalue weighted by molar-refractivity contribution is 6.30. The monoisotopic (exact) mass is 350 g/mol. The number of hydrogen-bond acceptors (Lipinski definition) is 2. The predicted molar refractivity (Wildman–Crippen MR) is 104 cm³/mol. The van der Waals surface area contributed by atoms with Gasteiger partial charge in [-0.1, -0.05) is 35.9 Å². The highest BCUT2D eigenvalue weighted by atomic mass is 35.5. The minimum Gasteiger partial charge on any atom is -0.377 e. The van der Waals surface area contributed by atoms with E-state index in [1.807, 2.05) is 6.07 Å². The smallest absolute Gasteiger partial charge is 0.0548 e. The molecule has 4 heteroatoms. The zero-order valence-corrected chi connectivity index (χ0v) is 15.3. The Bertz CT molecular complexity index is 645. The van der Waals surface area contributed by atoms with Gasteiger partial charge in [-0.25, -0.2) is 0 Å². The highest BCUT2D eigenvalue weighted by Gasteiger charge is 2.21. The molecule has 1 atom stereocenters. The summed E-state index contributed by atoms with van der Waals surface area (Å²) >= 11 is 6.24. The van der Waals surface area contributed by atoms with E-state index >= 15 is 0 Å². The second-order valence-corrected chi connectivity index (χ2v) is 6.73. The van der Waals surface area contributed by atoms with Crippen LogP contribution in [0.25, 0.3) is 5.57 Å². The van der Waals surface area contributed by atoms with Crippen LogP contribution >= 0.6 is 24.0 Å². The topological polar surface area (TPSA) is 15.3 Å². The summed E-state index contributed by atoms with van der Waals surface area (Å²) in [6.07, 6.45) is 12.2. The highest BCUT2D eigenvalue weighted by Crippen LogP contribution is 2.36. The Morgan fingerprint density at radius 2 is 2.13 bits per heavy atom. The number of halogens is 2. The average Bonchev–Trinajstić information content (AvgIpc) is 2.64. The van der Waals surface area contributed by atoms with Gasteiger partial charge in [-0.2, -0.15) is 0 Å². The molecule has 0 spiro atoms. The quantitative estimate of drug-likeness (QED) is 0.805. The zero-order chi connectivity index (χ0) is 15.5. The van der Waals surface area contributed by atoms with Crippen LogP contribution in [0, 0.1) is 0 Å². The maximum atomic E-state index is 6.24. The molecular formula is C19H24Cl2N2. The first kappa shape index (κ1) is 18.1. The number of rotatable bonds is 4. The van der Waals surface area contributed by atoms with Gasteiger partial charge in [-0.3, -0.25) is 0 Å². The van der Waals surface area contributed by atoms with E-state index in [1.54, 1.807) is 0 Å². The molecule has 0 saturated carbocycles. The van der Waals surface area contributed by atoms with Gasteiger partial charge in [-0.05, 0) is 69.2 Å². The fourth-order valence-electron chi connectivity index (χ4n) is 3.10. The van der Waals surface area contributed by atoms with Gasteiger partial charge in [0.05, 0.1) is 6.04 Å². The van der Waals surface area contributed by atoms with Crippen molar-refractivity contribution in [2.45, 2.75) is 25.3 Å². The second kappa shape index (κ2) is 8.05. The molecule has 1 aliphatic carbocycles. The van der Waals surface area contributed by atoms with Gasteiger partial charge in [0.15, 0.2) is 0 Å². The Morgan fingerprint density at radius 1 is 1.30 bits per heavy atom. The molecule has 1 N–H and O–H groups in total. The Balaban J connectivity index is 0.00000192. The van der Waals surface area contributed by atoms with E-state index in [9.17, 15) is 0 Å². The molecule has 0 fully saturated rings. The normalized spacial score (nSPS) is 18.9. The number of hydrogen-bond donors (Lipinski definition) is 1. The van der Waals surface area contributed by atoms with Crippen LogP contribution in [0.2, 0.25) is 5.02 Å². The molecule has 1 aromatic carbocycles. The fraction of sp³-hybridized carbons (Fsp3) is 0.368. The minimum atomic E-state index is 0. The van der Waals surface area contributed by atoms with Crippen LogP contribution in [0.4, 0.5) is 5.69 Å². The van der Waals surface area contributed by atoms with Crippen molar-refractivity contribution in [1.82, 2.24) is 4.90 Å². The molecule has 1 aromatic rings. The van der Waals surface area contributed by atoms with Crippen molar-refractivity contribution >= 4 is 35.3 Å². The van der Waals surface area contributed by atoms with Crippen molar-refractivity contribution in [2.75, 3.05) is 26.0 Å². The van der Waals surface area contributed by atoms with Gasteiger partial charge in [0.25, 0.3) is 0 Å². The molecule has 0 amide bonds. The largest absolute Gasteiger partial charge is 0.377 e. The lowest BCUT2D eigenvalue weighted by Gasteiger charge is -2.20. The van der Waals surface area contributed by atoms with E-state index in [4.69, 9.17) is 11.6 Å². The van der Waals surface area contributed by atoms with Crippen LogP contribution < -0.4 is 5.32 Å². The van der Waals surface area contributed by atoms with Crippen molar-refractivity contribution in [3.05, 3.63) is 58.7 Å². The third kappa shape index (κ3) is 4.41. The van der Waals surface area contributed by atoms with Crippen molar-refractivity contribution in [3.8, 4) is 0 Å². The summed E-state index contributed by atoms with van der Waals surface area (Å²) in [5.74, 6) is 0. The molecule has 0 radical (unpaired) electrons. The second-order valence-electron chi connectivity index (χ2n) is 6.29. The molecule has 1 aliphatic heterocycles. The molecular weight excluding hydrogens is 327 g/mol. The lowest BCUT2D eigenvalue weighted by atomic mass is 9.95. The van der Waals surface area contributed by atoms with Gasteiger partial charge in [0, 0.05) is 16.3 Å². The molecule has 1 heterocycles. The van der Waals surface area contributed by atoms with E-state index in [-0.39, 0.29) is 12.4 Å². The van der Waals surface area contributed by atoms with E-state index in [0.29, 0.717) is 6.04 Å². The first-order valence-electron chi connectivity index (χ1n) is 7.92. The molecule has 2 aliphatic rings. The third-order valence-corrected chi connectivity index (χ3v) is 4.48.